The molecule has 1 atom stereocenters. The number of amides is 1. The Bertz CT molecular complexity index is 877. The zero-order chi connectivity index (χ0) is 16.9. The summed E-state index contributed by atoms with van der Waals surface area (Å²) < 4.78 is 5.37. The van der Waals surface area contributed by atoms with Crippen molar-refractivity contribution in [1.29, 1.82) is 5.26 Å². The van der Waals surface area contributed by atoms with E-state index < -0.39 is 0 Å². The van der Waals surface area contributed by atoms with Gasteiger partial charge in [0.15, 0.2) is 0 Å². The Morgan fingerprint density at radius 3 is 2.71 bits per heavy atom. The third-order valence-corrected chi connectivity index (χ3v) is 4.24. The Morgan fingerprint density at radius 2 is 1.96 bits per heavy atom. The number of rotatable bonds is 5. The van der Waals surface area contributed by atoms with Gasteiger partial charge in [-0.15, -0.1) is 0 Å². The van der Waals surface area contributed by atoms with Gasteiger partial charge in [0.05, 0.1) is 24.3 Å². The number of hydrogen-bond donors (Lipinski definition) is 0. The van der Waals surface area contributed by atoms with Crippen molar-refractivity contribution in [2.24, 2.45) is 0 Å². The second-order valence-electron chi connectivity index (χ2n) is 5.76. The first-order chi connectivity index (χ1) is 11.7. The zero-order valence-corrected chi connectivity index (χ0v) is 13.5. The van der Waals surface area contributed by atoms with Crippen LogP contribution >= 0.6 is 0 Å². The number of nitrogens with zero attached hydrogens (tertiary/aromatic N) is 2. The van der Waals surface area contributed by atoms with Crippen LogP contribution in [0.3, 0.4) is 0 Å². The van der Waals surface area contributed by atoms with Crippen molar-refractivity contribution in [2.75, 3.05) is 7.05 Å². The van der Waals surface area contributed by atoms with Crippen molar-refractivity contribution in [2.45, 2.75) is 18.9 Å². The van der Waals surface area contributed by atoms with Gasteiger partial charge in [0.1, 0.15) is 5.58 Å². The molecule has 0 N–H and O–H groups in total. The molecule has 4 nitrogen and oxygen atoms in total. The van der Waals surface area contributed by atoms with Crippen molar-refractivity contribution in [3.8, 4) is 6.07 Å². The standard InChI is InChI=1S/C20H18N2O2/c1-22(16(10-12-21)14-15-6-3-2-4-7-15)20(23)18-8-5-9-19-17(18)11-13-24-19/h2-9,11,13,16H,10,14H2,1H3. The molecule has 2 aromatic carbocycles. The van der Waals surface area contributed by atoms with Crippen LogP contribution in [0, 0.1) is 11.3 Å². The average molecular weight is 318 g/mol. The summed E-state index contributed by atoms with van der Waals surface area (Å²) in [5.74, 6) is -0.0989. The van der Waals surface area contributed by atoms with Crippen LogP contribution in [0.5, 0.6) is 0 Å². The van der Waals surface area contributed by atoms with Crippen molar-refractivity contribution in [1.82, 2.24) is 4.90 Å². The molecular weight excluding hydrogens is 300 g/mol. The van der Waals surface area contributed by atoms with Gasteiger partial charge < -0.3 is 9.32 Å². The fraction of sp³-hybridized carbons (Fsp3) is 0.200. The lowest BCUT2D eigenvalue weighted by molar-refractivity contribution is 0.0735. The summed E-state index contributed by atoms with van der Waals surface area (Å²) in [6, 6.07) is 19.2. The van der Waals surface area contributed by atoms with Crippen LogP contribution in [0.15, 0.2) is 65.3 Å². The first-order valence-corrected chi connectivity index (χ1v) is 7.85. The SMILES string of the molecule is CN(C(=O)c1cccc2occc12)C(CC#N)Cc1ccccc1. The van der Waals surface area contributed by atoms with Gasteiger partial charge >= 0.3 is 0 Å². The van der Waals surface area contributed by atoms with Gasteiger partial charge in [0.25, 0.3) is 5.91 Å². The summed E-state index contributed by atoms with van der Waals surface area (Å²) in [6.07, 6.45) is 2.52. The van der Waals surface area contributed by atoms with E-state index in [2.05, 4.69) is 6.07 Å². The molecule has 1 heterocycles. The summed E-state index contributed by atoms with van der Waals surface area (Å²) in [6.45, 7) is 0. The number of furan rings is 1. The highest BCUT2D eigenvalue weighted by Gasteiger charge is 2.23. The van der Waals surface area contributed by atoms with E-state index in [1.165, 1.54) is 0 Å². The van der Waals surface area contributed by atoms with Crippen LogP contribution in [0.4, 0.5) is 0 Å². The molecule has 0 fully saturated rings. The number of nitriles is 1. The maximum absolute atomic E-state index is 12.9. The summed E-state index contributed by atoms with van der Waals surface area (Å²) in [4.78, 5) is 14.6. The molecule has 4 heteroatoms. The fourth-order valence-corrected chi connectivity index (χ4v) is 2.87. The van der Waals surface area contributed by atoms with E-state index in [4.69, 9.17) is 9.68 Å². The van der Waals surface area contributed by atoms with Crippen LogP contribution < -0.4 is 0 Å². The van der Waals surface area contributed by atoms with Gasteiger partial charge in [-0.25, -0.2) is 0 Å². The van der Waals surface area contributed by atoms with E-state index in [0.29, 0.717) is 24.0 Å². The van der Waals surface area contributed by atoms with E-state index in [1.807, 2.05) is 42.5 Å². The monoisotopic (exact) mass is 318 g/mol. The summed E-state index contributed by atoms with van der Waals surface area (Å²) >= 11 is 0. The van der Waals surface area contributed by atoms with Crippen LogP contribution in [0.1, 0.15) is 22.3 Å². The Kier molecular flexibility index (Phi) is 4.62. The fourth-order valence-electron chi connectivity index (χ4n) is 2.87. The highest BCUT2D eigenvalue weighted by Crippen LogP contribution is 2.22. The molecular formula is C20H18N2O2. The smallest absolute Gasteiger partial charge is 0.254 e. The minimum absolute atomic E-state index is 0.0989. The Labute approximate surface area is 140 Å². The molecule has 0 saturated heterocycles. The highest BCUT2D eigenvalue weighted by atomic mass is 16.3. The van der Waals surface area contributed by atoms with Crippen molar-refractivity contribution >= 4 is 16.9 Å². The van der Waals surface area contributed by atoms with Crippen molar-refractivity contribution in [3.63, 3.8) is 0 Å². The van der Waals surface area contributed by atoms with E-state index >= 15 is 0 Å². The minimum atomic E-state index is -0.174. The molecule has 0 aliphatic rings. The van der Waals surface area contributed by atoms with Crippen LogP contribution in [-0.4, -0.2) is 23.9 Å². The molecule has 24 heavy (non-hydrogen) atoms. The van der Waals surface area contributed by atoms with E-state index in [9.17, 15) is 4.79 Å². The number of fused-ring (bicyclic) bond motifs is 1. The van der Waals surface area contributed by atoms with Gasteiger partial charge in [0.2, 0.25) is 0 Å². The number of carbonyl (C=O) groups excluding carboxylic acids is 1. The Morgan fingerprint density at radius 1 is 1.17 bits per heavy atom. The van der Waals surface area contributed by atoms with Gasteiger partial charge in [0, 0.05) is 18.5 Å². The van der Waals surface area contributed by atoms with Gasteiger partial charge in [-0.05, 0) is 30.2 Å². The predicted octanol–water partition coefficient (Wildman–Crippen LogP) is 4.03. The first-order valence-electron chi connectivity index (χ1n) is 7.85. The number of hydrogen-bond acceptors (Lipinski definition) is 3. The molecule has 0 saturated carbocycles. The number of carbonyl (C=O) groups is 1. The molecule has 0 aliphatic heterocycles. The molecule has 1 unspecified atom stereocenters. The Hall–Kier alpha value is -3.06. The third-order valence-electron chi connectivity index (χ3n) is 4.24. The van der Waals surface area contributed by atoms with Crippen LogP contribution in [0.25, 0.3) is 11.0 Å². The van der Waals surface area contributed by atoms with Crippen LogP contribution in [-0.2, 0) is 6.42 Å². The second-order valence-corrected chi connectivity index (χ2v) is 5.76. The maximum atomic E-state index is 12.9. The van der Waals surface area contributed by atoms with Gasteiger partial charge in [-0.2, -0.15) is 5.26 Å². The lowest BCUT2D eigenvalue weighted by Crippen LogP contribution is -2.38. The van der Waals surface area contributed by atoms with Crippen LogP contribution in [0.2, 0.25) is 0 Å². The molecule has 0 bridgehead atoms. The topological polar surface area (TPSA) is 57.2 Å². The molecule has 0 aliphatic carbocycles. The quantitative estimate of drug-likeness (QED) is 0.713. The molecule has 3 aromatic rings. The number of benzene rings is 2. The van der Waals surface area contributed by atoms with E-state index in [-0.39, 0.29) is 11.9 Å². The lowest BCUT2D eigenvalue weighted by atomic mass is 10.0. The maximum Gasteiger partial charge on any atom is 0.254 e. The lowest BCUT2D eigenvalue weighted by Gasteiger charge is -2.27. The molecule has 0 spiro atoms. The Balaban J connectivity index is 1.87. The highest BCUT2D eigenvalue weighted by molar-refractivity contribution is 6.05. The van der Waals surface area contributed by atoms with Gasteiger partial charge in [-0.1, -0.05) is 36.4 Å². The summed E-state index contributed by atoms with van der Waals surface area (Å²) in [7, 11) is 1.76. The zero-order valence-electron chi connectivity index (χ0n) is 13.5. The molecule has 1 amide bonds. The molecule has 1 aromatic heterocycles. The molecule has 0 radical (unpaired) electrons. The average Bonchev–Trinajstić information content (AvgIpc) is 3.10. The normalized spacial score (nSPS) is 11.8. The minimum Gasteiger partial charge on any atom is -0.464 e. The van der Waals surface area contributed by atoms with Gasteiger partial charge in [-0.3, -0.25) is 4.79 Å². The van der Waals surface area contributed by atoms with E-state index in [1.54, 1.807) is 30.3 Å². The van der Waals surface area contributed by atoms with E-state index in [0.717, 1.165) is 10.9 Å². The summed E-state index contributed by atoms with van der Waals surface area (Å²) in [5.41, 5.74) is 2.40. The number of likely N-dealkylation sites (N-methyl/N-ethyl adjacent to an activating group) is 1. The molecule has 120 valence electrons. The largest absolute Gasteiger partial charge is 0.464 e. The molecule has 3 rings (SSSR count). The van der Waals surface area contributed by atoms with Crippen molar-refractivity contribution in [3.05, 3.63) is 72.0 Å². The van der Waals surface area contributed by atoms with Crippen molar-refractivity contribution < 1.29 is 9.21 Å². The first kappa shape index (κ1) is 15.8. The predicted molar refractivity (Wildman–Crippen MR) is 92.5 cm³/mol. The second kappa shape index (κ2) is 7.01. The third kappa shape index (κ3) is 3.16. The summed E-state index contributed by atoms with van der Waals surface area (Å²) in [5, 5.41) is 9.95.